The minimum Gasteiger partial charge on any atom is -0.483 e. The Kier molecular flexibility index (Phi) is 7.02. The summed E-state index contributed by atoms with van der Waals surface area (Å²) >= 11 is 2.14. The molecule has 0 heterocycles. The molecule has 2 aromatic carbocycles. The smallest absolute Gasteiger partial charge is 0.407 e. The van der Waals surface area contributed by atoms with E-state index >= 15 is 0 Å². The van der Waals surface area contributed by atoms with Gasteiger partial charge in [-0.25, -0.2) is 4.79 Å². The Morgan fingerprint density at radius 2 is 1.73 bits per heavy atom. The first-order valence-corrected chi connectivity index (χ1v) is 8.53. The summed E-state index contributed by atoms with van der Waals surface area (Å²) in [5.74, 6) is 0.811. The molecule has 4 nitrogen and oxygen atoms in total. The maximum atomic E-state index is 11.6. The van der Waals surface area contributed by atoms with Gasteiger partial charge in [-0.3, -0.25) is 0 Å². The van der Waals surface area contributed by atoms with Gasteiger partial charge in [0.1, 0.15) is 17.0 Å². The van der Waals surface area contributed by atoms with Gasteiger partial charge in [0.05, 0.1) is 0 Å². The van der Waals surface area contributed by atoms with E-state index in [1.54, 1.807) is 0 Å². The van der Waals surface area contributed by atoms with Crippen molar-refractivity contribution in [2.45, 2.75) is 13.0 Å². The average Bonchev–Trinajstić information content (AvgIpc) is 2.55. The lowest BCUT2D eigenvalue weighted by atomic mass is 10.1. The zero-order chi connectivity index (χ0) is 15.6. The van der Waals surface area contributed by atoms with E-state index in [1.165, 1.54) is 5.56 Å². The maximum Gasteiger partial charge on any atom is 0.407 e. The third-order valence-corrected chi connectivity index (χ3v) is 3.35. The van der Waals surface area contributed by atoms with Gasteiger partial charge in [0, 0.05) is 6.54 Å². The Labute approximate surface area is 144 Å². The van der Waals surface area contributed by atoms with Gasteiger partial charge in [0.2, 0.25) is 0 Å². The van der Waals surface area contributed by atoms with Crippen LogP contribution in [0, 0.1) is 0 Å². The summed E-state index contributed by atoms with van der Waals surface area (Å²) in [5, 5.41) is 2.75. The molecule has 0 spiro atoms. The van der Waals surface area contributed by atoms with Crippen LogP contribution >= 0.6 is 22.6 Å². The van der Waals surface area contributed by atoms with Crippen LogP contribution in [0.2, 0.25) is 0 Å². The number of ether oxygens (including phenoxy) is 2. The molecular weight excluding hydrogens is 393 g/mol. The molecule has 2 aromatic rings. The van der Waals surface area contributed by atoms with Crippen LogP contribution in [0.4, 0.5) is 4.79 Å². The summed E-state index contributed by atoms with van der Waals surface area (Å²) in [5.41, 5.74) is 2.12. The molecule has 0 fully saturated rings. The molecule has 0 saturated heterocycles. The van der Waals surface area contributed by atoms with E-state index in [-0.39, 0.29) is 6.61 Å². The number of rotatable bonds is 7. The lowest BCUT2D eigenvalue weighted by molar-refractivity contribution is 0.140. The Morgan fingerprint density at radius 1 is 1.00 bits per heavy atom. The van der Waals surface area contributed by atoms with Gasteiger partial charge in [0.15, 0.2) is 0 Å². The number of halogens is 1. The molecule has 0 aliphatic heterocycles. The van der Waals surface area contributed by atoms with E-state index in [0.29, 0.717) is 11.2 Å². The van der Waals surface area contributed by atoms with Crippen molar-refractivity contribution in [1.29, 1.82) is 0 Å². The maximum absolute atomic E-state index is 11.6. The molecule has 22 heavy (non-hydrogen) atoms. The molecule has 0 bridgehead atoms. The Balaban J connectivity index is 1.67. The number of hydrogen-bond acceptors (Lipinski definition) is 3. The monoisotopic (exact) mass is 411 g/mol. The Bertz CT molecular complexity index is 572. The number of carbonyl (C=O) groups is 1. The minimum absolute atomic E-state index is 0.252. The highest BCUT2D eigenvalue weighted by Crippen LogP contribution is 2.13. The first kappa shape index (κ1) is 16.6. The van der Waals surface area contributed by atoms with E-state index in [9.17, 15) is 4.79 Å². The molecule has 0 saturated carbocycles. The second-order valence-electron chi connectivity index (χ2n) is 4.64. The number of amides is 1. The molecule has 1 amide bonds. The fourth-order valence-electron chi connectivity index (χ4n) is 1.90. The summed E-state index contributed by atoms with van der Waals surface area (Å²) in [6.07, 6.45) is 0.390. The van der Waals surface area contributed by atoms with Crippen molar-refractivity contribution in [3.05, 3.63) is 65.7 Å². The van der Waals surface area contributed by atoms with Gasteiger partial charge in [-0.1, -0.05) is 42.5 Å². The zero-order valence-corrected chi connectivity index (χ0v) is 14.3. The first-order valence-electron chi connectivity index (χ1n) is 7.00. The standard InChI is InChI=1S/C17H18INO3/c18-13-22-16-8-6-15(7-9-16)12-21-17(20)19-11-10-14-4-2-1-3-5-14/h1-9H,10-13H2,(H,19,20). The van der Waals surface area contributed by atoms with Crippen LogP contribution in [0.1, 0.15) is 11.1 Å². The largest absolute Gasteiger partial charge is 0.483 e. The Morgan fingerprint density at radius 3 is 2.41 bits per heavy atom. The van der Waals surface area contributed by atoms with Gasteiger partial charge in [-0.15, -0.1) is 0 Å². The number of carbonyl (C=O) groups excluding carboxylic acids is 1. The normalized spacial score (nSPS) is 10.0. The predicted octanol–water partition coefficient (Wildman–Crippen LogP) is 3.93. The summed E-state index contributed by atoms with van der Waals surface area (Å²) in [4.78, 5) is 11.6. The van der Waals surface area contributed by atoms with Crippen LogP contribution in [0.25, 0.3) is 0 Å². The molecule has 0 unspecified atom stereocenters. The molecular formula is C17H18INO3. The molecule has 0 aliphatic rings. The summed E-state index contributed by atoms with van der Waals surface area (Å²) in [7, 11) is 0. The molecule has 0 atom stereocenters. The van der Waals surface area contributed by atoms with Crippen LogP contribution in [0.3, 0.4) is 0 Å². The third-order valence-electron chi connectivity index (χ3n) is 3.04. The zero-order valence-electron chi connectivity index (χ0n) is 12.1. The van der Waals surface area contributed by atoms with Crippen molar-refractivity contribution in [3.63, 3.8) is 0 Å². The first-order chi connectivity index (χ1) is 10.8. The molecule has 116 valence electrons. The van der Waals surface area contributed by atoms with Crippen LogP contribution in [-0.2, 0) is 17.8 Å². The van der Waals surface area contributed by atoms with Crippen LogP contribution < -0.4 is 10.1 Å². The Hall–Kier alpha value is -1.76. The second-order valence-corrected chi connectivity index (χ2v) is 5.26. The summed E-state index contributed by atoms with van der Waals surface area (Å²) < 4.78 is 11.1. The lowest BCUT2D eigenvalue weighted by Crippen LogP contribution is -2.26. The highest BCUT2D eigenvalue weighted by Gasteiger charge is 2.03. The van der Waals surface area contributed by atoms with E-state index in [1.807, 2.05) is 54.6 Å². The summed E-state index contributed by atoms with van der Waals surface area (Å²) in [6, 6.07) is 17.5. The van der Waals surface area contributed by atoms with Gasteiger partial charge < -0.3 is 14.8 Å². The van der Waals surface area contributed by atoms with Crippen LogP contribution in [-0.4, -0.2) is 17.3 Å². The number of benzene rings is 2. The minimum atomic E-state index is -0.400. The molecule has 0 aromatic heterocycles. The van der Waals surface area contributed by atoms with E-state index in [2.05, 4.69) is 27.9 Å². The number of hydrogen-bond donors (Lipinski definition) is 1. The fourth-order valence-corrected chi connectivity index (χ4v) is 2.26. The summed E-state index contributed by atoms with van der Waals surface area (Å²) in [6.45, 7) is 0.812. The van der Waals surface area contributed by atoms with Crippen molar-refractivity contribution in [3.8, 4) is 5.75 Å². The van der Waals surface area contributed by atoms with E-state index < -0.39 is 6.09 Å². The molecule has 2 rings (SSSR count). The average molecular weight is 411 g/mol. The number of alkyl halides is 1. The van der Waals surface area contributed by atoms with Gasteiger partial charge in [0.25, 0.3) is 0 Å². The number of nitrogens with one attached hydrogen (secondary N) is 1. The predicted molar refractivity (Wildman–Crippen MR) is 94.3 cm³/mol. The van der Waals surface area contributed by atoms with Crippen molar-refractivity contribution >= 4 is 28.7 Å². The second kappa shape index (κ2) is 9.30. The van der Waals surface area contributed by atoms with Gasteiger partial charge in [-0.2, -0.15) is 0 Å². The van der Waals surface area contributed by atoms with Gasteiger partial charge >= 0.3 is 6.09 Å². The lowest BCUT2D eigenvalue weighted by Gasteiger charge is -2.08. The molecule has 0 aliphatic carbocycles. The van der Waals surface area contributed by atoms with Crippen molar-refractivity contribution in [2.24, 2.45) is 0 Å². The van der Waals surface area contributed by atoms with Crippen LogP contribution in [0.15, 0.2) is 54.6 Å². The van der Waals surface area contributed by atoms with Crippen LogP contribution in [0.5, 0.6) is 5.75 Å². The molecule has 0 radical (unpaired) electrons. The topological polar surface area (TPSA) is 47.6 Å². The van der Waals surface area contributed by atoms with Crippen molar-refractivity contribution < 1.29 is 14.3 Å². The van der Waals surface area contributed by atoms with E-state index in [4.69, 9.17) is 9.47 Å². The highest BCUT2D eigenvalue weighted by molar-refractivity contribution is 14.1. The SMILES string of the molecule is O=C(NCCc1ccccc1)OCc1ccc(OCI)cc1. The third kappa shape index (κ3) is 5.93. The fraction of sp³-hybridized carbons (Fsp3) is 0.235. The van der Waals surface area contributed by atoms with Gasteiger partial charge in [-0.05, 0) is 52.3 Å². The van der Waals surface area contributed by atoms with Crippen molar-refractivity contribution in [1.82, 2.24) is 5.32 Å². The quantitative estimate of drug-likeness (QED) is 0.555. The van der Waals surface area contributed by atoms with E-state index in [0.717, 1.165) is 17.7 Å². The molecule has 1 N–H and O–H groups in total. The highest BCUT2D eigenvalue weighted by atomic mass is 127. The van der Waals surface area contributed by atoms with Crippen molar-refractivity contribution in [2.75, 3.05) is 11.2 Å². The molecule has 5 heteroatoms. The number of alkyl carbamates (subject to hydrolysis) is 1.